The van der Waals surface area contributed by atoms with E-state index in [2.05, 4.69) is 29.5 Å². The van der Waals surface area contributed by atoms with Crippen molar-refractivity contribution < 1.29 is 4.74 Å². The molecule has 3 heteroatoms. The van der Waals surface area contributed by atoms with E-state index in [1.54, 1.807) is 0 Å². The van der Waals surface area contributed by atoms with Crippen molar-refractivity contribution in [1.29, 1.82) is 0 Å². The smallest absolute Gasteiger partial charge is 0.172 e. The summed E-state index contributed by atoms with van der Waals surface area (Å²) in [5.41, 5.74) is -0.204. The Morgan fingerprint density at radius 1 is 1.38 bits per heavy atom. The second-order valence-corrected chi connectivity index (χ2v) is 4.50. The van der Waals surface area contributed by atoms with Crippen molar-refractivity contribution in [2.24, 2.45) is 0 Å². The fourth-order valence-corrected chi connectivity index (χ4v) is 1.63. The minimum absolute atomic E-state index is 0.204. The molecule has 1 aromatic rings. The van der Waals surface area contributed by atoms with Crippen LogP contribution in [0.15, 0.2) is 24.3 Å². The van der Waals surface area contributed by atoms with Gasteiger partial charge in [-0.15, -0.1) is 0 Å². The zero-order valence-corrected chi connectivity index (χ0v) is 10.4. The number of hydrogen-bond acceptors (Lipinski definition) is 1. The van der Waals surface area contributed by atoms with Crippen LogP contribution in [0.25, 0.3) is 0 Å². The zero-order chi connectivity index (χ0) is 9.68. The van der Waals surface area contributed by atoms with Gasteiger partial charge in [-0.05, 0) is 53.3 Å². The molecule has 0 aliphatic heterocycles. The molecular weight excluding hydrogens is 298 g/mol. The molecule has 0 saturated carbocycles. The quantitative estimate of drug-likeness (QED) is 0.602. The van der Waals surface area contributed by atoms with Crippen LogP contribution in [0.2, 0.25) is 0 Å². The predicted molar refractivity (Wildman–Crippen MR) is 64.3 cm³/mol. The third kappa shape index (κ3) is 4.18. The molecule has 0 saturated heterocycles. The maximum Gasteiger partial charge on any atom is 0.172 e. The average Bonchev–Trinajstić information content (AvgIpc) is 2.09. The highest BCUT2D eigenvalue weighted by atomic mass is 127. The van der Waals surface area contributed by atoms with Crippen LogP contribution in [0.3, 0.4) is 0 Å². The molecule has 1 aromatic carbocycles. The van der Waals surface area contributed by atoms with Crippen molar-refractivity contribution in [1.82, 2.24) is 0 Å². The fraction of sp³-hybridized carbons (Fsp3) is 0.400. The summed E-state index contributed by atoms with van der Waals surface area (Å²) >= 11 is 8.19. The summed E-state index contributed by atoms with van der Waals surface area (Å²) in [6.07, 6.45) is 1.92. The molecule has 0 bridgehead atoms. The highest BCUT2D eigenvalue weighted by molar-refractivity contribution is 14.1. The van der Waals surface area contributed by atoms with Crippen LogP contribution >= 0.6 is 34.2 Å². The van der Waals surface area contributed by atoms with Crippen molar-refractivity contribution in [2.75, 3.05) is 0 Å². The van der Waals surface area contributed by atoms with Crippen LogP contribution in [0.4, 0.5) is 0 Å². The standard InChI is InChI=1S/C10H12ClIO/c1-2-3-10(11)13-9-6-4-8(12)5-7-9/h4-7,10H,2-3H2,1H3. The lowest BCUT2D eigenvalue weighted by Crippen LogP contribution is -2.07. The molecule has 0 aromatic heterocycles. The van der Waals surface area contributed by atoms with Gasteiger partial charge in [0.2, 0.25) is 0 Å². The van der Waals surface area contributed by atoms with Gasteiger partial charge in [0.05, 0.1) is 0 Å². The first-order valence-corrected chi connectivity index (χ1v) is 5.80. The summed E-state index contributed by atoms with van der Waals surface area (Å²) in [7, 11) is 0. The highest BCUT2D eigenvalue weighted by Gasteiger charge is 2.03. The maximum absolute atomic E-state index is 5.93. The van der Waals surface area contributed by atoms with E-state index in [1.165, 1.54) is 3.57 Å². The van der Waals surface area contributed by atoms with E-state index in [9.17, 15) is 0 Å². The molecule has 1 atom stereocenters. The van der Waals surface area contributed by atoms with Gasteiger partial charge >= 0.3 is 0 Å². The number of benzene rings is 1. The molecule has 1 rings (SSSR count). The minimum Gasteiger partial charge on any atom is -0.475 e. The number of halogens is 2. The average molecular weight is 311 g/mol. The summed E-state index contributed by atoms with van der Waals surface area (Å²) in [5, 5.41) is 0. The van der Waals surface area contributed by atoms with Crippen LogP contribution < -0.4 is 4.74 Å². The van der Waals surface area contributed by atoms with Crippen LogP contribution in [-0.4, -0.2) is 5.56 Å². The van der Waals surface area contributed by atoms with Gasteiger partial charge in [-0.1, -0.05) is 24.9 Å². The van der Waals surface area contributed by atoms with Crippen molar-refractivity contribution in [2.45, 2.75) is 25.3 Å². The van der Waals surface area contributed by atoms with E-state index in [1.807, 2.05) is 24.3 Å². The van der Waals surface area contributed by atoms with E-state index in [0.29, 0.717) is 0 Å². The van der Waals surface area contributed by atoms with Gasteiger partial charge in [-0.25, -0.2) is 0 Å². The minimum atomic E-state index is -0.204. The molecule has 1 unspecified atom stereocenters. The molecule has 0 amide bonds. The lowest BCUT2D eigenvalue weighted by atomic mass is 10.3. The second-order valence-electron chi connectivity index (χ2n) is 2.77. The van der Waals surface area contributed by atoms with Gasteiger partial charge < -0.3 is 4.74 Å². The molecule has 0 spiro atoms. The van der Waals surface area contributed by atoms with Crippen LogP contribution in [0, 0.1) is 3.57 Å². The maximum atomic E-state index is 5.93. The number of alkyl halides is 1. The highest BCUT2D eigenvalue weighted by Crippen LogP contribution is 2.17. The molecule has 0 aliphatic carbocycles. The molecule has 0 aliphatic rings. The third-order valence-electron chi connectivity index (χ3n) is 1.59. The normalized spacial score (nSPS) is 12.5. The van der Waals surface area contributed by atoms with Crippen LogP contribution in [0.5, 0.6) is 5.75 Å². The predicted octanol–water partition coefficient (Wildman–Crippen LogP) is 4.04. The number of rotatable bonds is 4. The summed E-state index contributed by atoms with van der Waals surface area (Å²) < 4.78 is 6.67. The van der Waals surface area contributed by atoms with E-state index < -0.39 is 0 Å². The van der Waals surface area contributed by atoms with E-state index in [4.69, 9.17) is 16.3 Å². The molecular formula is C10H12ClIO. The van der Waals surface area contributed by atoms with E-state index in [-0.39, 0.29) is 5.56 Å². The second kappa shape index (κ2) is 5.70. The third-order valence-corrected chi connectivity index (χ3v) is 2.62. The Morgan fingerprint density at radius 3 is 2.54 bits per heavy atom. The number of ether oxygens (including phenoxy) is 1. The SMILES string of the molecule is CCCC(Cl)Oc1ccc(I)cc1. The van der Waals surface area contributed by atoms with Gasteiger partial charge in [-0.2, -0.15) is 0 Å². The molecule has 1 nitrogen and oxygen atoms in total. The van der Waals surface area contributed by atoms with Gasteiger partial charge in [0.25, 0.3) is 0 Å². The van der Waals surface area contributed by atoms with Gasteiger partial charge in [0.15, 0.2) is 5.56 Å². The molecule has 0 heterocycles. The Morgan fingerprint density at radius 2 is 2.00 bits per heavy atom. The topological polar surface area (TPSA) is 9.23 Å². The molecule has 13 heavy (non-hydrogen) atoms. The van der Waals surface area contributed by atoms with Crippen LogP contribution in [0.1, 0.15) is 19.8 Å². The Kier molecular flexibility index (Phi) is 4.88. The Balaban J connectivity index is 2.49. The monoisotopic (exact) mass is 310 g/mol. The van der Waals surface area contributed by atoms with Crippen molar-refractivity contribution >= 4 is 34.2 Å². The zero-order valence-electron chi connectivity index (χ0n) is 7.47. The summed E-state index contributed by atoms with van der Waals surface area (Å²) in [5.74, 6) is 0.842. The first-order chi connectivity index (χ1) is 6.22. The van der Waals surface area contributed by atoms with Crippen molar-refractivity contribution in [3.8, 4) is 5.75 Å². The lowest BCUT2D eigenvalue weighted by Gasteiger charge is -2.11. The largest absolute Gasteiger partial charge is 0.475 e. The van der Waals surface area contributed by atoms with Gasteiger partial charge in [0.1, 0.15) is 5.75 Å². The summed E-state index contributed by atoms with van der Waals surface area (Å²) in [6, 6.07) is 7.89. The Hall–Kier alpha value is 0.0400. The van der Waals surface area contributed by atoms with E-state index in [0.717, 1.165) is 18.6 Å². The van der Waals surface area contributed by atoms with Crippen molar-refractivity contribution in [3.05, 3.63) is 27.8 Å². The fourth-order valence-electron chi connectivity index (χ4n) is 0.947. The van der Waals surface area contributed by atoms with Crippen LogP contribution in [-0.2, 0) is 0 Å². The lowest BCUT2D eigenvalue weighted by molar-refractivity contribution is 0.269. The van der Waals surface area contributed by atoms with Gasteiger partial charge in [-0.3, -0.25) is 0 Å². The van der Waals surface area contributed by atoms with Gasteiger partial charge in [0, 0.05) is 3.57 Å². The molecule has 0 fully saturated rings. The Bertz CT molecular complexity index is 248. The molecule has 72 valence electrons. The summed E-state index contributed by atoms with van der Waals surface area (Å²) in [6.45, 7) is 2.09. The van der Waals surface area contributed by atoms with Crippen molar-refractivity contribution in [3.63, 3.8) is 0 Å². The number of hydrogen-bond donors (Lipinski definition) is 0. The molecule has 0 radical (unpaired) electrons. The summed E-state index contributed by atoms with van der Waals surface area (Å²) in [4.78, 5) is 0. The molecule has 0 N–H and O–H groups in total. The first kappa shape index (κ1) is 11.1. The Labute approximate surface area is 97.6 Å². The first-order valence-electron chi connectivity index (χ1n) is 4.28. The van der Waals surface area contributed by atoms with E-state index >= 15 is 0 Å².